The first-order valence-corrected chi connectivity index (χ1v) is 8.34. The van der Waals surface area contributed by atoms with Gasteiger partial charge in [-0.25, -0.2) is 12.7 Å². The van der Waals surface area contributed by atoms with Crippen LogP contribution in [0.15, 0.2) is 0 Å². The molecule has 17 heavy (non-hydrogen) atoms. The highest BCUT2D eigenvalue weighted by atomic mass is 32.2. The summed E-state index contributed by atoms with van der Waals surface area (Å²) >= 11 is 0. The van der Waals surface area contributed by atoms with Crippen molar-refractivity contribution in [3.8, 4) is 0 Å². The summed E-state index contributed by atoms with van der Waals surface area (Å²) in [6.45, 7) is 5.36. The van der Waals surface area contributed by atoms with Gasteiger partial charge in [-0.05, 0) is 44.7 Å². The summed E-state index contributed by atoms with van der Waals surface area (Å²) in [7, 11) is -3.02. The van der Waals surface area contributed by atoms with Crippen LogP contribution in [0.1, 0.15) is 39.0 Å². The molecule has 0 aromatic carbocycles. The average molecular weight is 260 g/mol. The average Bonchev–Trinajstić information content (AvgIpc) is 2.40. The summed E-state index contributed by atoms with van der Waals surface area (Å²) in [6.07, 6.45) is 4.81. The Hall–Kier alpha value is -0.130. The maximum absolute atomic E-state index is 12.4. The quantitative estimate of drug-likeness (QED) is 0.829. The predicted molar refractivity (Wildman–Crippen MR) is 69.4 cm³/mol. The molecule has 2 fully saturated rings. The Balaban J connectivity index is 1.96. The van der Waals surface area contributed by atoms with Crippen LogP contribution < -0.4 is 5.32 Å². The lowest BCUT2D eigenvalue weighted by Crippen LogP contribution is -2.46. The van der Waals surface area contributed by atoms with Gasteiger partial charge in [0.15, 0.2) is 0 Å². The zero-order chi connectivity index (χ0) is 12.3. The van der Waals surface area contributed by atoms with Gasteiger partial charge >= 0.3 is 0 Å². The highest BCUT2D eigenvalue weighted by molar-refractivity contribution is 7.89. The molecule has 2 heterocycles. The van der Waals surface area contributed by atoms with Crippen molar-refractivity contribution in [1.29, 1.82) is 0 Å². The van der Waals surface area contributed by atoms with Crippen LogP contribution in [-0.2, 0) is 10.0 Å². The summed E-state index contributed by atoms with van der Waals surface area (Å²) in [6, 6.07) is 0. The van der Waals surface area contributed by atoms with Gasteiger partial charge in [0.25, 0.3) is 0 Å². The predicted octanol–water partition coefficient (Wildman–Crippen LogP) is 1.19. The van der Waals surface area contributed by atoms with Crippen molar-refractivity contribution in [3.05, 3.63) is 0 Å². The van der Waals surface area contributed by atoms with Crippen molar-refractivity contribution < 1.29 is 8.42 Å². The number of sulfonamides is 1. The van der Waals surface area contributed by atoms with Gasteiger partial charge in [0, 0.05) is 13.1 Å². The second-order valence-corrected chi connectivity index (χ2v) is 7.46. The number of nitrogens with one attached hydrogen (secondary N) is 1. The SMILES string of the molecule is CCC1CCN(S(=O)(=O)C2CCNCC2)CC1. The molecule has 0 unspecified atom stereocenters. The first kappa shape index (κ1) is 13.3. The topological polar surface area (TPSA) is 49.4 Å². The molecule has 0 aromatic rings. The van der Waals surface area contributed by atoms with Crippen LogP contribution in [0, 0.1) is 5.92 Å². The molecule has 0 spiro atoms. The third-order valence-corrected chi connectivity index (χ3v) is 6.62. The smallest absolute Gasteiger partial charge is 0.217 e. The summed E-state index contributed by atoms with van der Waals surface area (Å²) in [5, 5.41) is 3.09. The second kappa shape index (κ2) is 5.67. The molecule has 1 N–H and O–H groups in total. The molecule has 5 heteroatoms. The van der Waals surface area contributed by atoms with Crippen LogP contribution in [0.25, 0.3) is 0 Å². The van der Waals surface area contributed by atoms with E-state index in [0.717, 1.165) is 57.8 Å². The Bertz CT molecular complexity index is 328. The van der Waals surface area contributed by atoms with E-state index in [9.17, 15) is 8.42 Å². The zero-order valence-electron chi connectivity index (χ0n) is 10.7. The molecule has 2 aliphatic rings. The normalized spacial score (nSPS) is 26.2. The number of piperidine rings is 2. The molecular weight excluding hydrogens is 236 g/mol. The van der Waals surface area contributed by atoms with E-state index in [1.807, 2.05) is 0 Å². The molecule has 0 bridgehead atoms. The Morgan fingerprint density at radius 2 is 1.71 bits per heavy atom. The highest BCUT2D eigenvalue weighted by Crippen LogP contribution is 2.25. The van der Waals surface area contributed by atoms with Crippen LogP contribution in [-0.4, -0.2) is 44.2 Å². The molecule has 2 aliphatic heterocycles. The fourth-order valence-electron chi connectivity index (χ4n) is 2.88. The molecule has 4 nitrogen and oxygen atoms in total. The van der Waals surface area contributed by atoms with Crippen molar-refractivity contribution in [2.24, 2.45) is 5.92 Å². The Morgan fingerprint density at radius 1 is 1.12 bits per heavy atom. The van der Waals surface area contributed by atoms with Crippen molar-refractivity contribution >= 4 is 10.0 Å². The van der Waals surface area contributed by atoms with E-state index < -0.39 is 10.0 Å². The van der Waals surface area contributed by atoms with Gasteiger partial charge in [-0.15, -0.1) is 0 Å². The Kier molecular flexibility index (Phi) is 4.44. The highest BCUT2D eigenvalue weighted by Gasteiger charge is 2.34. The van der Waals surface area contributed by atoms with Crippen LogP contribution in [0.2, 0.25) is 0 Å². The first-order valence-electron chi connectivity index (χ1n) is 6.84. The maximum atomic E-state index is 12.4. The molecule has 2 rings (SSSR count). The summed E-state index contributed by atoms with van der Waals surface area (Å²) < 4.78 is 26.6. The minimum atomic E-state index is -3.02. The number of nitrogens with zero attached hydrogens (tertiary/aromatic N) is 1. The van der Waals surface area contributed by atoms with E-state index in [0.29, 0.717) is 0 Å². The lowest BCUT2D eigenvalue weighted by atomic mass is 9.96. The number of hydrogen-bond acceptors (Lipinski definition) is 3. The van der Waals surface area contributed by atoms with Crippen molar-refractivity contribution in [2.45, 2.75) is 44.3 Å². The van der Waals surface area contributed by atoms with Crippen molar-refractivity contribution in [1.82, 2.24) is 9.62 Å². The first-order chi connectivity index (χ1) is 8.14. The van der Waals surface area contributed by atoms with Crippen molar-refractivity contribution in [3.63, 3.8) is 0 Å². The zero-order valence-corrected chi connectivity index (χ0v) is 11.5. The summed E-state index contributed by atoms with van der Waals surface area (Å²) in [4.78, 5) is 0. The molecule has 0 aliphatic carbocycles. The van der Waals surface area contributed by atoms with E-state index in [2.05, 4.69) is 12.2 Å². The summed E-state index contributed by atoms with van der Waals surface area (Å²) in [5.41, 5.74) is 0. The van der Waals surface area contributed by atoms with E-state index >= 15 is 0 Å². The third kappa shape index (κ3) is 3.01. The number of rotatable bonds is 3. The van der Waals surface area contributed by atoms with Crippen LogP contribution in [0.5, 0.6) is 0 Å². The molecule has 0 atom stereocenters. The van der Waals surface area contributed by atoms with Crippen LogP contribution in [0.3, 0.4) is 0 Å². The standard InChI is InChI=1S/C12H24N2O2S/c1-2-11-5-9-14(10-6-11)17(15,16)12-3-7-13-8-4-12/h11-13H,2-10H2,1H3. The fourth-order valence-corrected chi connectivity index (χ4v) is 4.85. The van der Waals surface area contributed by atoms with E-state index in [4.69, 9.17) is 0 Å². The van der Waals surface area contributed by atoms with Crippen LogP contribution >= 0.6 is 0 Å². The largest absolute Gasteiger partial charge is 0.317 e. The van der Waals surface area contributed by atoms with E-state index in [1.54, 1.807) is 4.31 Å². The summed E-state index contributed by atoms with van der Waals surface area (Å²) in [5.74, 6) is 0.731. The van der Waals surface area contributed by atoms with Gasteiger partial charge in [-0.3, -0.25) is 0 Å². The lowest BCUT2D eigenvalue weighted by molar-refractivity contribution is 0.265. The minimum absolute atomic E-state index is 0.137. The minimum Gasteiger partial charge on any atom is -0.317 e. The van der Waals surface area contributed by atoms with Gasteiger partial charge < -0.3 is 5.32 Å². The fraction of sp³-hybridized carbons (Fsp3) is 1.00. The van der Waals surface area contributed by atoms with E-state index in [1.165, 1.54) is 6.42 Å². The van der Waals surface area contributed by atoms with Gasteiger partial charge in [0.1, 0.15) is 0 Å². The van der Waals surface area contributed by atoms with E-state index in [-0.39, 0.29) is 5.25 Å². The molecule has 2 saturated heterocycles. The van der Waals surface area contributed by atoms with Crippen molar-refractivity contribution in [2.75, 3.05) is 26.2 Å². The monoisotopic (exact) mass is 260 g/mol. The molecule has 0 amide bonds. The van der Waals surface area contributed by atoms with Gasteiger partial charge in [-0.2, -0.15) is 0 Å². The van der Waals surface area contributed by atoms with Crippen LogP contribution in [0.4, 0.5) is 0 Å². The molecule has 0 radical (unpaired) electrons. The Morgan fingerprint density at radius 3 is 2.24 bits per heavy atom. The third-order valence-electron chi connectivity index (χ3n) is 4.22. The molecule has 100 valence electrons. The number of hydrogen-bond donors (Lipinski definition) is 1. The lowest BCUT2D eigenvalue weighted by Gasteiger charge is -2.34. The van der Waals surface area contributed by atoms with Gasteiger partial charge in [-0.1, -0.05) is 13.3 Å². The molecule has 0 aromatic heterocycles. The van der Waals surface area contributed by atoms with Gasteiger partial charge in [0.05, 0.1) is 5.25 Å². The molecular formula is C12H24N2O2S. The maximum Gasteiger partial charge on any atom is 0.217 e. The molecule has 0 saturated carbocycles. The van der Waals surface area contributed by atoms with Gasteiger partial charge in [0.2, 0.25) is 10.0 Å². The Labute approximate surface area is 105 Å². The second-order valence-electron chi connectivity index (χ2n) is 5.24.